The minimum Gasteiger partial charge on any atom is -0.497 e. The molecule has 0 spiro atoms. The Morgan fingerprint density at radius 3 is 2.48 bits per heavy atom. The number of hydrogen-bond donors (Lipinski definition) is 2. The van der Waals surface area contributed by atoms with Crippen LogP contribution < -0.4 is 10.1 Å². The zero-order chi connectivity index (χ0) is 17.0. The van der Waals surface area contributed by atoms with Crippen LogP contribution >= 0.6 is 23.2 Å². The maximum atomic E-state index is 12.1. The maximum Gasteiger partial charge on any atom is 0.337 e. The average Bonchev–Trinajstić information content (AvgIpc) is 2.50. The van der Waals surface area contributed by atoms with Gasteiger partial charge in [-0.2, -0.15) is 0 Å². The molecule has 2 aromatic rings. The van der Waals surface area contributed by atoms with Gasteiger partial charge in [0.15, 0.2) is 0 Å². The summed E-state index contributed by atoms with van der Waals surface area (Å²) in [6, 6.07) is 9.20. The number of rotatable bonds is 5. The lowest BCUT2D eigenvalue weighted by Gasteiger charge is -2.10. The van der Waals surface area contributed by atoms with E-state index in [-0.39, 0.29) is 23.6 Å². The first-order chi connectivity index (χ1) is 10.9. The van der Waals surface area contributed by atoms with Crippen LogP contribution in [-0.4, -0.2) is 24.1 Å². The van der Waals surface area contributed by atoms with E-state index in [0.717, 1.165) is 0 Å². The molecular weight excluding hydrogens is 341 g/mol. The third-order valence-electron chi connectivity index (χ3n) is 3.08. The molecule has 0 aliphatic carbocycles. The molecule has 1 amide bonds. The predicted octanol–water partition coefficient (Wildman–Crippen LogP) is 3.88. The van der Waals surface area contributed by atoms with Crippen LogP contribution in [-0.2, 0) is 11.2 Å². The Hall–Kier alpha value is -2.24. The molecule has 0 fully saturated rings. The number of anilines is 1. The van der Waals surface area contributed by atoms with E-state index >= 15 is 0 Å². The topological polar surface area (TPSA) is 75.6 Å². The summed E-state index contributed by atoms with van der Waals surface area (Å²) < 4.78 is 5.04. The lowest BCUT2D eigenvalue weighted by molar-refractivity contribution is -0.115. The number of methoxy groups -OCH3 is 1. The van der Waals surface area contributed by atoms with Crippen LogP contribution in [0.4, 0.5) is 5.69 Å². The Kier molecular flexibility index (Phi) is 5.47. The van der Waals surface area contributed by atoms with E-state index in [2.05, 4.69) is 5.32 Å². The van der Waals surface area contributed by atoms with E-state index in [0.29, 0.717) is 21.4 Å². The number of aromatic carboxylic acids is 1. The zero-order valence-corrected chi connectivity index (χ0v) is 13.6. The van der Waals surface area contributed by atoms with Crippen molar-refractivity contribution < 1.29 is 19.4 Å². The van der Waals surface area contributed by atoms with E-state index in [1.54, 1.807) is 18.2 Å². The van der Waals surface area contributed by atoms with Gasteiger partial charge in [-0.15, -0.1) is 0 Å². The Balaban J connectivity index is 2.19. The van der Waals surface area contributed by atoms with Gasteiger partial charge in [0, 0.05) is 6.07 Å². The highest BCUT2D eigenvalue weighted by Crippen LogP contribution is 2.24. The molecule has 0 bridgehead atoms. The minimum absolute atomic E-state index is 0.0201. The Labute approximate surface area is 142 Å². The summed E-state index contributed by atoms with van der Waals surface area (Å²) in [6.07, 6.45) is 0.0349. The highest BCUT2D eigenvalue weighted by atomic mass is 35.5. The largest absolute Gasteiger partial charge is 0.497 e. The van der Waals surface area contributed by atoms with Crippen molar-refractivity contribution >= 4 is 40.8 Å². The molecule has 0 saturated carbocycles. The van der Waals surface area contributed by atoms with Gasteiger partial charge in [0.2, 0.25) is 5.91 Å². The summed E-state index contributed by atoms with van der Waals surface area (Å²) >= 11 is 11.7. The van der Waals surface area contributed by atoms with Crippen LogP contribution in [0.15, 0.2) is 36.4 Å². The van der Waals surface area contributed by atoms with Gasteiger partial charge in [-0.25, -0.2) is 4.79 Å². The van der Waals surface area contributed by atoms with Crippen LogP contribution in [0.1, 0.15) is 15.9 Å². The Morgan fingerprint density at radius 1 is 1.13 bits per heavy atom. The van der Waals surface area contributed by atoms with E-state index in [9.17, 15) is 14.7 Å². The van der Waals surface area contributed by atoms with Crippen molar-refractivity contribution in [2.75, 3.05) is 12.4 Å². The van der Waals surface area contributed by atoms with Crippen molar-refractivity contribution in [1.29, 1.82) is 0 Å². The Morgan fingerprint density at radius 2 is 1.87 bits per heavy atom. The summed E-state index contributed by atoms with van der Waals surface area (Å²) in [5.41, 5.74) is 0.812. The number of ether oxygens (including phenoxy) is 1. The van der Waals surface area contributed by atoms with Crippen LogP contribution in [0.2, 0.25) is 10.0 Å². The second kappa shape index (κ2) is 7.35. The molecule has 2 rings (SSSR count). The summed E-state index contributed by atoms with van der Waals surface area (Å²) in [7, 11) is 1.46. The monoisotopic (exact) mass is 353 g/mol. The van der Waals surface area contributed by atoms with Gasteiger partial charge in [0.05, 0.1) is 34.8 Å². The second-order valence-electron chi connectivity index (χ2n) is 4.69. The lowest BCUT2D eigenvalue weighted by Crippen LogP contribution is -2.17. The normalized spacial score (nSPS) is 10.2. The van der Waals surface area contributed by atoms with Gasteiger partial charge < -0.3 is 15.2 Å². The van der Waals surface area contributed by atoms with Crippen molar-refractivity contribution in [2.24, 2.45) is 0 Å². The molecule has 0 aromatic heterocycles. The standard InChI is InChI=1S/C16H13Cl2NO4/c1-23-10-3-4-11(16(21)22)14(8-10)19-15(20)7-9-2-5-12(17)13(18)6-9/h2-6,8H,7H2,1H3,(H,19,20)(H,21,22). The number of carbonyl (C=O) groups excluding carboxylic acids is 1. The van der Waals surface area contributed by atoms with Crippen molar-refractivity contribution in [1.82, 2.24) is 0 Å². The number of benzene rings is 2. The van der Waals surface area contributed by atoms with Crippen LogP contribution in [0, 0.1) is 0 Å². The molecular formula is C16H13Cl2NO4. The highest BCUT2D eigenvalue weighted by molar-refractivity contribution is 6.42. The maximum absolute atomic E-state index is 12.1. The van der Waals surface area contributed by atoms with Gasteiger partial charge in [0.1, 0.15) is 5.75 Å². The summed E-state index contributed by atoms with van der Waals surface area (Å²) in [5, 5.41) is 12.5. The smallest absolute Gasteiger partial charge is 0.337 e. The van der Waals surface area contributed by atoms with Gasteiger partial charge in [-0.3, -0.25) is 4.79 Å². The summed E-state index contributed by atoms with van der Waals surface area (Å²) in [6.45, 7) is 0. The molecule has 0 radical (unpaired) electrons. The first-order valence-electron chi connectivity index (χ1n) is 6.56. The highest BCUT2D eigenvalue weighted by Gasteiger charge is 2.14. The predicted molar refractivity (Wildman–Crippen MR) is 88.7 cm³/mol. The third kappa shape index (κ3) is 4.37. The van der Waals surface area contributed by atoms with Crippen molar-refractivity contribution in [3.63, 3.8) is 0 Å². The van der Waals surface area contributed by atoms with Crippen LogP contribution in [0.25, 0.3) is 0 Å². The van der Waals surface area contributed by atoms with Gasteiger partial charge in [0.25, 0.3) is 0 Å². The fourth-order valence-corrected chi connectivity index (χ4v) is 2.29. The molecule has 7 heteroatoms. The summed E-state index contributed by atoms with van der Waals surface area (Å²) in [4.78, 5) is 23.4. The van der Waals surface area contributed by atoms with E-state index in [1.807, 2.05) is 0 Å². The molecule has 2 aromatic carbocycles. The molecule has 0 aliphatic heterocycles. The first kappa shape index (κ1) is 17.1. The number of amides is 1. The molecule has 2 N–H and O–H groups in total. The average molecular weight is 354 g/mol. The number of halogens is 2. The zero-order valence-electron chi connectivity index (χ0n) is 12.1. The molecule has 5 nitrogen and oxygen atoms in total. The molecule has 0 heterocycles. The van der Waals surface area contributed by atoms with Crippen molar-refractivity contribution in [3.8, 4) is 5.75 Å². The van der Waals surface area contributed by atoms with Crippen LogP contribution in [0.3, 0.4) is 0 Å². The quantitative estimate of drug-likeness (QED) is 0.854. The Bertz CT molecular complexity index is 762. The van der Waals surface area contributed by atoms with E-state index < -0.39 is 5.97 Å². The molecule has 120 valence electrons. The van der Waals surface area contributed by atoms with Crippen LogP contribution in [0.5, 0.6) is 5.75 Å². The first-order valence-corrected chi connectivity index (χ1v) is 7.31. The van der Waals surface area contributed by atoms with Gasteiger partial charge in [-0.05, 0) is 29.8 Å². The number of hydrogen-bond acceptors (Lipinski definition) is 3. The van der Waals surface area contributed by atoms with Crippen molar-refractivity contribution in [3.05, 3.63) is 57.6 Å². The number of carbonyl (C=O) groups is 2. The summed E-state index contributed by atoms with van der Waals surface area (Å²) in [5.74, 6) is -1.07. The molecule has 0 aliphatic rings. The number of carboxylic acid groups (broad SMARTS) is 1. The number of carboxylic acids is 1. The molecule has 0 unspecified atom stereocenters. The minimum atomic E-state index is -1.14. The SMILES string of the molecule is COc1ccc(C(=O)O)c(NC(=O)Cc2ccc(Cl)c(Cl)c2)c1. The van der Waals surface area contributed by atoms with E-state index in [1.165, 1.54) is 25.3 Å². The third-order valence-corrected chi connectivity index (χ3v) is 3.82. The molecule has 0 saturated heterocycles. The van der Waals surface area contributed by atoms with Crippen molar-refractivity contribution in [2.45, 2.75) is 6.42 Å². The number of nitrogens with one attached hydrogen (secondary N) is 1. The van der Waals surface area contributed by atoms with Gasteiger partial charge >= 0.3 is 5.97 Å². The van der Waals surface area contributed by atoms with Gasteiger partial charge in [-0.1, -0.05) is 29.3 Å². The van der Waals surface area contributed by atoms with E-state index in [4.69, 9.17) is 27.9 Å². The fourth-order valence-electron chi connectivity index (χ4n) is 1.97. The second-order valence-corrected chi connectivity index (χ2v) is 5.50. The fraction of sp³-hybridized carbons (Fsp3) is 0.125. The lowest BCUT2D eigenvalue weighted by atomic mass is 10.1. The molecule has 0 atom stereocenters. The molecule has 23 heavy (non-hydrogen) atoms.